The minimum atomic E-state index is 0.0237. The number of hydrazine groups is 2. The predicted molar refractivity (Wildman–Crippen MR) is 72.7 cm³/mol. The lowest BCUT2D eigenvalue weighted by Crippen LogP contribution is -2.41. The monoisotopic (exact) mass is 250 g/mol. The van der Waals surface area contributed by atoms with E-state index in [-0.39, 0.29) is 5.91 Å². The zero-order valence-corrected chi connectivity index (χ0v) is 11.5. The minimum absolute atomic E-state index is 0.0237. The maximum atomic E-state index is 12.2. The van der Waals surface area contributed by atoms with Crippen molar-refractivity contribution in [2.75, 3.05) is 27.7 Å². The van der Waals surface area contributed by atoms with Gasteiger partial charge < -0.3 is 0 Å². The molecule has 0 saturated heterocycles. The third kappa shape index (κ3) is 3.80. The van der Waals surface area contributed by atoms with Crippen LogP contribution in [0.15, 0.2) is 24.3 Å². The summed E-state index contributed by atoms with van der Waals surface area (Å²) in [6, 6.07) is 7.64. The molecule has 0 spiro atoms. The molecule has 0 bridgehead atoms. The van der Waals surface area contributed by atoms with Gasteiger partial charge in [-0.05, 0) is 31.7 Å². The molecule has 1 rings (SSSR count). The van der Waals surface area contributed by atoms with Gasteiger partial charge in [0.1, 0.15) is 0 Å². The number of amides is 1. The molecule has 1 aromatic rings. The van der Waals surface area contributed by atoms with E-state index in [1.165, 1.54) is 0 Å². The molecule has 5 nitrogen and oxygen atoms in total. The molecule has 5 heteroatoms. The molecule has 2 N–H and O–H groups in total. The van der Waals surface area contributed by atoms with Crippen LogP contribution in [0, 0.1) is 0 Å². The highest BCUT2D eigenvalue weighted by molar-refractivity contribution is 5.93. The van der Waals surface area contributed by atoms with Crippen LogP contribution in [0.3, 0.4) is 0 Å². The fraction of sp³-hybridized carbons (Fsp3) is 0.462. The Morgan fingerprint density at radius 3 is 2.28 bits per heavy atom. The first-order valence-electron chi connectivity index (χ1n) is 6.07. The van der Waals surface area contributed by atoms with Gasteiger partial charge in [-0.3, -0.25) is 20.7 Å². The molecule has 0 saturated carbocycles. The van der Waals surface area contributed by atoms with Crippen molar-refractivity contribution in [2.45, 2.75) is 13.5 Å². The van der Waals surface area contributed by atoms with Gasteiger partial charge in [0.2, 0.25) is 0 Å². The van der Waals surface area contributed by atoms with E-state index >= 15 is 0 Å². The van der Waals surface area contributed by atoms with Crippen molar-refractivity contribution in [3.63, 3.8) is 0 Å². The maximum Gasteiger partial charge on any atom is 0.268 e. The number of carbonyl (C=O) groups excluding carboxylic acids is 1. The molecule has 0 aliphatic rings. The first kappa shape index (κ1) is 14.6. The van der Waals surface area contributed by atoms with E-state index in [0.717, 1.165) is 12.1 Å². The second-order valence-corrected chi connectivity index (χ2v) is 4.17. The van der Waals surface area contributed by atoms with Crippen molar-refractivity contribution in [2.24, 2.45) is 0 Å². The fourth-order valence-electron chi connectivity index (χ4n) is 1.71. The smallest absolute Gasteiger partial charge is 0.268 e. The van der Waals surface area contributed by atoms with E-state index in [9.17, 15) is 4.79 Å². The average Bonchev–Trinajstić information content (AvgIpc) is 2.37. The molecular formula is C13H22N4O. The summed E-state index contributed by atoms with van der Waals surface area (Å²) in [5.74, 6) is 0.0237. The molecule has 0 aliphatic heterocycles. The van der Waals surface area contributed by atoms with Crippen molar-refractivity contribution in [3.05, 3.63) is 35.4 Å². The molecule has 100 valence electrons. The van der Waals surface area contributed by atoms with Gasteiger partial charge in [0.05, 0.1) is 0 Å². The van der Waals surface area contributed by atoms with E-state index in [2.05, 4.69) is 10.9 Å². The van der Waals surface area contributed by atoms with Gasteiger partial charge >= 0.3 is 0 Å². The Kier molecular flexibility index (Phi) is 5.77. The lowest BCUT2D eigenvalue weighted by Gasteiger charge is -2.27. The molecule has 1 amide bonds. The van der Waals surface area contributed by atoms with Crippen molar-refractivity contribution in [1.29, 1.82) is 0 Å². The van der Waals surface area contributed by atoms with Gasteiger partial charge in [0, 0.05) is 32.7 Å². The summed E-state index contributed by atoms with van der Waals surface area (Å²) in [4.78, 5) is 12.2. The van der Waals surface area contributed by atoms with Crippen LogP contribution in [-0.2, 0) is 6.54 Å². The van der Waals surface area contributed by atoms with Crippen LogP contribution >= 0.6 is 0 Å². The number of hydrogen-bond donors (Lipinski definition) is 2. The topological polar surface area (TPSA) is 47.6 Å². The number of carbonyl (C=O) groups is 1. The quantitative estimate of drug-likeness (QED) is 0.735. The Bertz CT molecular complexity index is 375. The maximum absolute atomic E-state index is 12.2. The van der Waals surface area contributed by atoms with Gasteiger partial charge in [0.15, 0.2) is 0 Å². The lowest BCUT2D eigenvalue weighted by atomic mass is 10.1. The van der Waals surface area contributed by atoms with E-state index in [4.69, 9.17) is 0 Å². The van der Waals surface area contributed by atoms with Gasteiger partial charge in [-0.25, -0.2) is 5.01 Å². The largest absolute Gasteiger partial charge is 0.272 e. The van der Waals surface area contributed by atoms with Crippen molar-refractivity contribution in [1.82, 2.24) is 20.9 Å². The highest BCUT2D eigenvalue weighted by atomic mass is 16.2. The Morgan fingerprint density at radius 1 is 1.22 bits per heavy atom. The van der Waals surface area contributed by atoms with Gasteiger partial charge in [-0.15, -0.1) is 0 Å². The summed E-state index contributed by atoms with van der Waals surface area (Å²) in [5.41, 5.74) is 7.72. The van der Waals surface area contributed by atoms with Gasteiger partial charge in [0.25, 0.3) is 5.91 Å². The molecule has 0 fully saturated rings. The first-order valence-corrected chi connectivity index (χ1v) is 6.07. The highest BCUT2D eigenvalue weighted by Gasteiger charge is 2.15. The summed E-state index contributed by atoms with van der Waals surface area (Å²) in [7, 11) is 5.56. The predicted octanol–water partition coefficient (Wildman–Crippen LogP) is 0.849. The van der Waals surface area contributed by atoms with E-state index in [1.807, 2.05) is 52.3 Å². The van der Waals surface area contributed by atoms with Crippen LogP contribution in [0.4, 0.5) is 0 Å². The van der Waals surface area contributed by atoms with Gasteiger partial charge in [-0.1, -0.05) is 12.1 Å². The number of rotatable bonds is 6. The summed E-state index contributed by atoms with van der Waals surface area (Å²) in [6.45, 7) is 3.36. The molecule has 0 unspecified atom stereocenters. The van der Waals surface area contributed by atoms with Crippen LogP contribution in [0.1, 0.15) is 22.8 Å². The third-order valence-corrected chi connectivity index (χ3v) is 2.69. The number of nitrogens with zero attached hydrogens (tertiary/aromatic N) is 2. The first-order chi connectivity index (χ1) is 8.60. The normalized spacial score (nSPS) is 10.7. The Balaban J connectivity index is 2.75. The standard InChI is InChI=1S/C13H22N4O/c1-5-17(16(3)4)13(18)12-8-6-11(7-9-12)10-15-14-2/h6-9,14-15H,5,10H2,1-4H3. The molecule has 0 heterocycles. The van der Waals surface area contributed by atoms with Crippen molar-refractivity contribution >= 4 is 5.91 Å². The Morgan fingerprint density at radius 2 is 1.83 bits per heavy atom. The fourth-order valence-corrected chi connectivity index (χ4v) is 1.71. The summed E-state index contributed by atoms with van der Waals surface area (Å²) >= 11 is 0. The van der Waals surface area contributed by atoms with E-state index < -0.39 is 0 Å². The SMILES string of the molecule is CCN(C(=O)c1ccc(CNNC)cc1)N(C)C. The highest BCUT2D eigenvalue weighted by Crippen LogP contribution is 2.08. The zero-order chi connectivity index (χ0) is 13.5. The van der Waals surface area contributed by atoms with Gasteiger partial charge in [-0.2, -0.15) is 0 Å². The molecule has 0 aromatic heterocycles. The molecule has 0 atom stereocenters. The van der Waals surface area contributed by atoms with Crippen LogP contribution in [0.5, 0.6) is 0 Å². The number of nitrogens with one attached hydrogen (secondary N) is 2. The number of hydrogen-bond acceptors (Lipinski definition) is 4. The van der Waals surface area contributed by atoms with Crippen LogP contribution in [0.25, 0.3) is 0 Å². The Labute approximate surface area is 109 Å². The zero-order valence-electron chi connectivity index (χ0n) is 11.5. The van der Waals surface area contributed by atoms with Crippen LogP contribution in [-0.4, -0.2) is 43.6 Å². The summed E-state index contributed by atoms with van der Waals surface area (Å²) in [5, 5.41) is 3.50. The Hall–Kier alpha value is -1.43. The van der Waals surface area contributed by atoms with Crippen LogP contribution < -0.4 is 10.9 Å². The minimum Gasteiger partial charge on any atom is -0.272 e. The number of benzene rings is 1. The second-order valence-electron chi connectivity index (χ2n) is 4.17. The van der Waals surface area contributed by atoms with E-state index in [0.29, 0.717) is 12.1 Å². The molecule has 0 aliphatic carbocycles. The lowest BCUT2D eigenvalue weighted by molar-refractivity contribution is 0.0230. The molecule has 18 heavy (non-hydrogen) atoms. The summed E-state index contributed by atoms with van der Waals surface area (Å²) < 4.78 is 0. The molecular weight excluding hydrogens is 228 g/mol. The third-order valence-electron chi connectivity index (χ3n) is 2.69. The summed E-state index contributed by atoms with van der Waals surface area (Å²) in [6.07, 6.45) is 0. The van der Waals surface area contributed by atoms with Crippen molar-refractivity contribution in [3.8, 4) is 0 Å². The second kappa shape index (κ2) is 7.10. The van der Waals surface area contributed by atoms with Crippen LogP contribution in [0.2, 0.25) is 0 Å². The van der Waals surface area contributed by atoms with E-state index in [1.54, 1.807) is 10.0 Å². The molecule has 1 aromatic carbocycles. The van der Waals surface area contributed by atoms with Crippen molar-refractivity contribution < 1.29 is 4.79 Å². The molecule has 0 radical (unpaired) electrons. The average molecular weight is 250 g/mol.